The smallest absolute Gasteiger partial charge is 0.339 e. The fourth-order valence-corrected chi connectivity index (χ4v) is 2.26. The first-order valence-electron chi connectivity index (χ1n) is 8.06. The molecule has 9 nitrogen and oxygen atoms in total. The Bertz CT molecular complexity index is 608. The second-order valence-electron chi connectivity index (χ2n) is 5.69. The first kappa shape index (κ1) is 20.4. The molecule has 1 rings (SSSR count). The van der Waals surface area contributed by atoms with Crippen LogP contribution in [0.3, 0.4) is 0 Å². The molecule has 1 aromatic heterocycles. The SMILES string of the molecule is CCCCC[C@H](CN(O)C=O)C(=O)NNc1nc(C)ccc1C(=O)O. The molecule has 9 heteroatoms. The summed E-state index contributed by atoms with van der Waals surface area (Å²) in [6.45, 7) is 3.57. The maximum absolute atomic E-state index is 12.3. The van der Waals surface area contributed by atoms with Crippen LogP contribution in [0, 0.1) is 12.8 Å². The number of carbonyl (C=O) groups is 3. The Morgan fingerprint density at radius 2 is 2.08 bits per heavy atom. The quantitative estimate of drug-likeness (QED) is 0.206. The summed E-state index contributed by atoms with van der Waals surface area (Å²) in [5.41, 5.74) is 5.44. The summed E-state index contributed by atoms with van der Waals surface area (Å²) >= 11 is 0. The van der Waals surface area contributed by atoms with Gasteiger partial charge in [-0.25, -0.2) is 14.8 Å². The third-order valence-corrected chi connectivity index (χ3v) is 3.63. The van der Waals surface area contributed by atoms with E-state index in [1.165, 1.54) is 6.07 Å². The van der Waals surface area contributed by atoms with Crippen LogP contribution in [0.2, 0.25) is 0 Å². The second kappa shape index (κ2) is 10.2. The Kier molecular flexibility index (Phi) is 8.34. The number of nitrogens with zero attached hydrogens (tertiary/aromatic N) is 2. The van der Waals surface area contributed by atoms with Gasteiger partial charge in [0, 0.05) is 5.69 Å². The van der Waals surface area contributed by atoms with E-state index in [-0.39, 0.29) is 24.3 Å². The highest BCUT2D eigenvalue weighted by Crippen LogP contribution is 2.14. The van der Waals surface area contributed by atoms with E-state index in [4.69, 9.17) is 5.11 Å². The summed E-state index contributed by atoms with van der Waals surface area (Å²) < 4.78 is 0. The minimum absolute atomic E-state index is 0.0180. The summed E-state index contributed by atoms with van der Waals surface area (Å²) in [5, 5.41) is 18.9. The molecule has 0 saturated carbocycles. The largest absolute Gasteiger partial charge is 0.478 e. The molecule has 2 amide bonds. The first-order chi connectivity index (χ1) is 11.9. The van der Waals surface area contributed by atoms with Crippen molar-refractivity contribution in [2.45, 2.75) is 39.5 Å². The molecule has 1 atom stereocenters. The van der Waals surface area contributed by atoms with Crippen LogP contribution < -0.4 is 10.9 Å². The number of carbonyl (C=O) groups excluding carboxylic acids is 2. The minimum atomic E-state index is -1.17. The van der Waals surface area contributed by atoms with Crippen molar-refractivity contribution in [2.24, 2.45) is 5.92 Å². The van der Waals surface area contributed by atoms with Crippen molar-refractivity contribution in [1.82, 2.24) is 15.5 Å². The monoisotopic (exact) mass is 352 g/mol. The summed E-state index contributed by atoms with van der Waals surface area (Å²) in [4.78, 5) is 38.2. The zero-order chi connectivity index (χ0) is 18.8. The molecule has 0 fully saturated rings. The van der Waals surface area contributed by atoms with Gasteiger partial charge in [0.1, 0.15) is 5.56 Å². The van der Waals surface area contributed by atoms with Crippen LogP contribution in [-0.4, -0.2) is 45.2 Å². The number of hydrogen-bond acceptors (Lipinski definition) is 6. The Morgan fingerprint density at radius 3 is 2.68 bits per heavy atom. The predicted molar refractivity (Wildman–Crippen MR) is 89.9 cm³/mol. The Balaban J connectivity index is 2.77. The van der Waals surface area contributed by atoms with Crippen LogP contribution in [0.1, 0.15) is 48.7 Å². The molecule has 138 valence electrons. The molecule has 25 heavy (non-hydrogen) atoms. The first-order valence-corrected chi connectivity index (χ1v) is 8.06. The van der Waals surface area contributed by atoms with Gasteiger partial charge in [-0.1, -0.05) is 26.2 Å². The van der Waals surface area contributed by atoms with Crippen LogP contribution in [0.4, 0.5) is 5.82 Å². The predicted octanol–water partition coefficient (Wildman–Crippen LogP) is 1.58. The lowest BCUT2D eigenvalue weighted by Crippen LogP contribution is -2.40. The fourth-order valence-electron chi connectivity index (χ4n) is 2.26. The van der Waals surface area contributed by atoms with E-state index in [0.717, 1.165) is 19.3 Å². The van der Waals surface area contributed by atoms with Crippen molar-refractivity contribution in [3.63, 3.8) is 0 Å². The zero-order valence-electron chi connectivity index (χ0n) is 14.4. The topological polar surface area (TPSA) is 132 Å². The summed E-state index contributed by atoms with van der Waals surface area (Å²) in [6, 6.07) is 2.94. The van der Waals surface area contributed by atoms with Gasteiger partial charge in [0.15, 0.2) is 5.82 Å². The van der Waals surface area contributed by atoms with Gasteiger partial charge in [-0.3, -0.25) is 25.6 Å². The summed E-state index contributed by atoms with van der Waals surface area (Å²) in [6.07, 6.45) is 3.38. The Labute approximate surface area is 146 Å². The molecule has 0 unspecified atom stereocenters. The van der Waals surface area contributed by atoms with E-state index in [1.807, 2.05) is 6.92 Å². The highest BCUT2D eigenvalue weighted by molar-refractivity contribution is 5.93. The van der Waals surface area contributed by atoms with Crippen molar-refractivity contribution in [3.8, 4) is 0 Å². The van der Waals surface area contributed by atoms with Gasteiger partial charge in [0.25, 0.3) is 0 Å². The highest BCUT2D eigenvalue weighted by atomic mass is 16.5. The lowest BCUT2D eigenvalue weighted by Gasteiger charge is -2.20. The van der Waals surface area contributed by atoms with Gasteiger partial charge in [-0.2, -0.15) is 0 Å². The van der Waals surface area contributed by atoms with Crippen molar-refractivity contribution in [1.29, 1.82) is 0 Å². The van der Waals surface area contributed by atoms with E-state index in [0.29, 0.717) is 17.2 Å². The molecule has 1 heterocycles. The highest BCUT2D eigenvalue weighted by Gasteiger charge is 2.21. The number of nitrogens with one attached hydrogen (secondary N) is 2. The maximum Gasteiger partial charge on any atom is 0.339 e. The molecule has 0 aromatic carbocycles. The number of rotatable bonds is 11. The Hall–Kier alpha value is -2.68. The number of unbranched alkanes of at least 4 members (excludes halogenated alkanes) is 2. The maximum atomic E-state index is 12.3. The molecule has 0 aliphatic carbocycles. The van der Waals surface area contributed by atoms with Crippen molar-refractivity contribution >= 4 is 24.1 Å². The van der Waals surface area contributed by atoms with E-state index in [1.54, 1.807) is 13.0 Å². The van der Waals surface area contributed by atoms with Gasteiger partial charge in [-0.05, 0) is 25.5 Å². The molecule has 0 aliphatic heterocycles. The lowest BCUT2D eigenvalue weighted by atomic mass is 10.0. The normalized spacial score (nSPS) is 11.5. The third kappa shape index (κ3) is 6.76. The van der Waals surface area contributed by atoms with E-state index >= 15 is 0 Å². The van der Waals surface area contributed by atoms with Crippen LogP contribution >= 0.6 is 0 Å². The number of pyridine rings is 1. The molecule has 0 saturated heterocycles. The van der Waals surface area contributed by atoms with Crippen LogP contribution in [0.5, 0.6) is 0 Å². The number of hydroxylamine groups is 2. The summed E-state index contributed by atoms with van der Waals surface area (Å²) in [5.74, 6) is -2.25. The Morgan fingerprint density at radius 1 is 1.36 bits per heavy atom. The number of aryl methyl sites for hydroxylation is 1. The van der Waals surface area contributed by atoms with Gasteiger partial charge in [-0.15, -0.1) is 0 Å². The van der Waals surface area contributed by atoms with Crippen LogP contribution in [-0.2, 0) is 9.59 Å². The van der Waals surface area contributed by atoms with E-state index in [9.17, 15) is 19.6 Å². The molecule has 1 aromatic rings. The number of aromatic nitrogens is 1. The molecule has 4 N–H and O–H groups in total. The molecule has 0 radical (unpaired) electrons. The van der Waals surface area contributed by atoms with E-state index in [2.05, 4.69) is 15.8 Å². The van der Waals surface area contributed by atoms with Gasteiger partial charge >= 0.3 is 5.97 Å². The van der Waals surface area contributed by atoms with E-state index < -0.39 is 17.8 Å². The number of aromatic carboxylic acids is 1. The number of carboxylic acid groups (broad SMARTS) is 1. The van der Waals surface area contributed by atoms with Crippen LogP contribution in [0.25, 0.3) is 0 Å². The molecular weight excluding hydrogens is 328 g/mol. The second-order valence-corrected chi connectivity index (χ2v) is 5.69. The number of amides is 2. The van der Waals surface area contributed by atoms with Crippen molar-refractivity contribution < 1.29 is 24.7 Å². The summed E-state index contributed by atoms with van der Waals surface area (Å²) in [7, 11) is 0. The van der Waals surface area contributed by atoms with Gasteiger partial charge < -0.3 is 5.11 Å². The molecule has 0 bridgehead atoms. The molecular formula is C16H24N4O5. The molecule has 0 spiro atoms. The van der Waals surface area contributed by atoms with Crippen molar-refractivity contribution in [3.05, 3.63) is 23.4 Å². The fraction of sp³-hybridized carbons (Fsp3) is 0.500. The lowest BCUT2D eigenvalue weighted by molar-refractivity contribution is -0.154. The number of hydrogen-bond donors (Lipinski definition) is 4. The average molecular weight is 352 g/mol. The number of carboxylic acids is 1. The number of anilines is 1. The van der Waals surface area contributed by atoms with Crippen molar-refractivity contribution in [2.75, 3.05) is 12.0 Å². The minimum Gasteiger partial charge on any atom is -0.478 e. The molecule has 0 aliphatic rings. The average Bonchev–Trinajstić information content (AvgIpc) is 2.58. The zero-order valence-corrected chi connectivity index (χ0v) is 14.4. The standard InChI is InChI=1S/C16H24N4O5/c1-3-4-5-6-12(9-20(25)10-21)15(22)19-18-14-13(16(23)24)8-7-11(2)17-14/h7-8,10,12,25H,3-6,9H2,1-2H3,(H,17,18)(H,19,22)(H,23,24)/t12-/m1/s1. The van der Waals surface area contributed by atoms with Crippen LogP contribution in [0.15, 0.2) is 12.1 Å². The third-order valence-electron chi connectivity index (χ3n) is 3.63. The van der Waals surface area contributed by atoms with Gasteiger partial charge in [0.2, 0.25) is 12.3 Å². The number of hydrazine groups is 1. The van der Waals surface area contributed by atoms with Gasteiger partial charge in [0.05, 0.1) is 12.5 Å².